The zero-order chi connectivity index (χ0) is 27.4. The highest BCUT2D eigenvalue weighted by molar-refractivity contribution is 8.00. The minimum atomic E-state index is -0.634. The summed E-state index contributed by atoms with van der Waals surface area (Å²) in [4.78, 5) is 57.0. The number of anilines is 1. The molecule has 0 bridgehead atoms. The molecule has 9 nitrogen and oxygen atoms in total. The predicted octanol–water partition coefficient (Wildman–Crippen LogP) is 4.64. The van der Waals surface area contributed by atoms with Gasteiger partial charge in [-0.3, -0.25) is 14.2 Å². The fraction of sp³-hybridized carbons (Fsp3) is 0.346. The summed E-state index contributed by atoms with van der Waals surface area (Å²) in [6.45, 7) is 7.27. The van der Waals surface area contributed by atoms with Gasteiger partial charge in [-0.25, -0.2) is 14.6 Å². The van der Waals surface area contributed by atoms with Crippen molar-refractivity contribution in [3.63, 3.8) is 0 Å². The first kappa shape index (κ1) is 27.9. The van der Waals surface area contributed by atoms with Crippen molar-refractivity contribution in [1.82, 2.24) is 9.55 Å². The van der Waals surface area contributed by atoms with Gasteiger partial charge in [-0.15, -0.1) is 23.1 Å². The van der Waals surface area contributed by atoms with Crippen LogP contribution in [-0.4, -0.2) is 52.1 Å². The maximum absolute atomic E-state index is 13.3. The van der Waals surface area contributed by atoms with Crippen molar-refractivity contribution in [2.75, 3.05) is 30.0 Å². The molecule has 0 unspecified atom stereocenters. The molecule has 1 amide bonds. The first-order valence-corrected chi connectivity index (χ1v) is 14.8. The number of carbonyl (C=O) groups is 3. The number of thioether (sulfide) groups is 2. The number of fused-ring (bicyclic) bond motifs is 1. The van der Waals surface area contributed by atoms with Crippen molar-refractivity contribution >= 4 is 57.7 Å². The molecule has 0 fully saturated rings. The number of benzene rings is 1. The molecular weight excluding hydrogens is 547 g/mol. The van der Waals surface area contributed by atoms with Crippen LogP contribution in [0.1, 0.15) is 50.7 Å². The van der Waals surface area contributed by atoms with Gasteiger partial charge < -0.3 is 14.8 Å². The van der Waals surface area contributed by atoms with E-state index in [1.54, 1.807) is 20.8 Å². The minimum absolute atomic E-state index is 0.0712. The molecule has 200 valence electrons. The number of esters is 2. The smallest absolute Gasteiger partial charge is 0.348 e. The van der Waals surface area contributed by atoms with Gasteiger partial charge in [0.15, 0.2) is 5.16 Å². The van der Waals surface area contributed by atoms with Gasteiger partial charge in [0, 0.05) is 12.2 Å². The second-order valence-electron chi connectivity index (χ2n) is 8.28. The molecule has 1 N–H and O–H groups in total. The van der Waals surface area contributed by atoms with Crippen LogP contribution >= 0.6 is 34.9 Å². The second kappa shape index (κ2) is 12.2. The predicted molar refractivity (Wildman–Crippen MR) is 149 cm³/mol. The van der Waals surface area contributed by atoms with E-state index in [2.05, 4.69) is 5.32 Å². The van der Waals surface area contributed by atoms with Crippen molar-refractivity contribution in [2.24, 2.45) is 0 Å². The molecule has 0 aliphatic carbocycles. The Morgan fingerprint density at radius 3 is 2.45 bits per heavy atom. The third kappa shape index (κ3) is 5.82. The third-order valence-corrected chi connectivity index (χ3v) is 8.86. The number of nitrogens with one attached hydrogen (secondary N) is 1. The molecule has 38 heavy (non-hydrogen) atoms. The standard InChI is InChI=1S/C26H27N3O6S3/c1-5-34-24(32)19-15(4)20(25(33)35-6-2)38-22(19)28-18(30)13-37-26-27-17-11-12-36-21(17)23(31)29(26)16-9-7-14(3)8-10-16/h7-10H,5-6,11-13H2,1-4H3,(H,28,30). The Kier molecular flexibility index (Phi) is 8.95. The monoisotopic (exact) mass is 573 g/mol. The van der Waals surface area contributed by atoms with Crippen molar-refractivity contribution < 1.29 is 23.9 Å². The molecule has 1 aliphatic rings. The average molecular weight is 574 g/mol. The number of carbonyl (C=O) groups excluding carboxylic acids is 3. The van der Waals surface area contributed by atoms with Gasteiger partial charge in [-0.05, 0) is 45.4 Å². The fourth-order valence-corrected chi connectivity index (χ4v) is 6.80. The van der Waals surface area contributed by atoms with Crippen LogP contribution in [0.3, 0.4) is 0 Å². The van der Waals surface area contributed by atoms with Gasteiger partial charge in [-0.2, -0.15) is 0 Å². The highest BCUT2D eigenvalue weighted by Gasteiger charge is 2.28. The highest BCUT2D eigenvalue weighted by atomic mass is 32.2. The van der Waals surface area contributed by atoms with E-state index in [-0.39, 0.29) is 40.0 Å². The number of hydrogen-bond acceptors (Lipinski definition) is 10. The summed E-state index contributed by atoms with van der Waals surface area (Å²) in [6.07, 6.45) is 0.692. The molecule has 12 heteroatoms. The highest BCUT2D eigenvalue weighted by Crippen LogP contribution is 2.35. The Bertz CT molecular complexity index is 1450. The van der Waals surface area contributed by atoms with E-state index in [9.17, 15) is 19.2 Å². The number of rotatable bonds is 9. The number of nitrogens with zero attached hydrogens (tertiary/aromatic N) is 2. The van der Waals surface area contributed by atoms with Crippen LogP contribution in [-0.2, 0) is 20.7 Å². The average Bonchev–Trinajstić information content (AvgIpc) is 3.48. The SMILES string of the molecule is CCOC(=O)c1sc(NC(=O)CSc2nc3c(c(=O)n2-c2ccc(C)cc2)SCC3)c(C(=O)OCC)c1C. The number of aromatic nitrogens is 2. The van der Waals surface area contributed by atoms with Crippen molar-refractivity contribution in [1.29, 1.82) is 0 Å². The van der Waals surface area contributed by atoms with E-state index in [0.29, 0.717) is 27.7 Å². The largest absolute Gasteiger partial charge is 0.462 e. The lowest BCUT2D eigenvalue weighted by atomic mass is 10.1. The summed E-state index contributed by atoms with van der Waals surface area (Å²) in [6, 6.07) is 7.54. The summed E-state index contributed by atoms with van der Waals surface area (Å²) < 4.78 is 11.8. The van der Waals surface area contributed by atoms with E-state index in [1.807, 2.05) is 31.2 Å². The Hall–Kier alpha value is -3.09. The van der Waals surface area contributed by atoms with Crippen LogP contribution in [0.15, 0.2) is 39.1 Å². The van der Waals surface area contributed by atoms with Crippen LogP contribution in [0, 0.1) is 13.8 Å². The second-order valence-corrected chi connectivity index (χ2v) is 11.4. The Balaban J connectivity index is 1.61. The molecule has 2 aromatic heterocycles. The van der Waals surface area contributed by atoms with E-state index >= 15 is 0 Å². The number of ether oxygens (including phenoxy) is 2. The molecule has 0 spiro atoms. The molecular formula is C26H27N3O6S3. The molecule has 0 radical (unpaired) electrons. The topological polar surface area (TPSA) is 117 Å². The molecule has 0 saturated carbocycles. The van der Waals surface area contributed by atoms with E-state index in [1.165, 1.54) is 16.3 Å². The van der Waals surface area contributed by atoms with Crippen LogP contribution in [0.2, 0.25) is 0 Å². The molecule has 1 aliphatic heterocycles. The van der Waals surface area contributed by atoms with Crippen LogP contribution in [0.4, 0.5) is 5.00 Å². The normalized spacial score (nSPS) is 12.2. The Morgan fingerprint density at radius 1 is 1.08 bits per heavy atom. The van der Waals surface area contributed by atoms with Crippen molar-refractivity contribution in [2.45, 2.75) is 44.2 Å². The van der Waals surface area contributed by atoms with E-state index < -0.39 is 17.8 Å². The van der Waals surface area contributed by atoms with E-state index in [4.69, 9.17) is 14.5 Å². The summed E-state index contributed by atoms with van der Waals surface area (Å²) in [5.41, 5.74) is 2.84. The van der Waals surface area contributed by atoms with Crippen molar-refractivity contribution in [3.05, 3.63) is 61.9 Å². The molecule has 1 aromatic carbocycles. The van der Waals surface area contributed by atoms with Gasteiger partial charge in [-0.1, -0.05) is 29.5 Å². The number of amides is 1. The quantitative estimate of drug-likeness (QED) is 0.222. The van der Waals surface area contributed by atoms with Crippen molar-refractivity contribution in [3.8, 4) is 5.69 Å². The Morgan fingerprint density at radius 2 is 1.76 bits per heavy atom. The summed E-state index contributed by atoms with van der Waals surface area (Å²) in [5, 5.41) is 3.37. The minimum Gasteiger partial charge on any atom is -0.462 e. The van der Waals surface area contributed by atoms with Gasteiger partial charge in [0.2, 0.25) is 5.91 Å². The Labute approximate surface area is 232 Å². The van der Waals surface area contributed by atoms with Crippen LogP contribution in [0.25, 0.3) is 5.69 Å². The summed E-state index contributed by atoms with van der Waals surface area (Å²) >= 11 is 3.59. The number of aryl methyl sites for hydroxylation is 2. The molecule has 0 atom stereocenters. The lowest BCUT2D eigenvalue weighted by molar-refractivity contribution is -0.113. The zero-order valence-electron chi connectivity index (χ0n) is 21.4. The molecule has 3 aromatic rings. The third-order valence-electron chi connectivity index (χ3n) is 5.63. The number of hydrogen-bond donors (Lipinski definition) is 1. The fourth-order valence-electron chi connectivity index (χ4n) is 3.85. The maximum Gasteiger partial charge on any atom is 0.348 e. The zero-order valence-corrected chi connectivity index (χ0v) is 23.9. The van der Waals surface area contributed by atoms with Gasteiger partial charge in [0.1, 0.15) is 9.88 Å². The molecule has 4 rings (SSSR count). The summed E-state index contributed by atoms with van der Waals surface area (Å²) in [7, 11) is 0. The number of thiophene rings is 1. The molecule has 3 heterocycles. The first-order chi connectivity index (χ1) is 18.2. The van der Waals surface area contributed by atoms with Gasteiger partial charge in [0.25, 0.3) is 5.56 Å². The van der Waals surface area contributed by atoms with E-state index in [0.717, 1.165) is 40.1 Å². The van der Waals surface area contributed by atoms with Crippen LogP contribution in [0.5, 0.6) is 0 Å². The van der Waals surface area contributed by atoms with Gasteiger partial charge in [0.05, 0.1) is 40.8 Å². The molecule has 0 saturated heterocycles. The maximum atomic E-state index is 13.3. The van der Waals surface area contributed by atoms with Gasteiger partial charge >= 0.3 is 11.9 Å². The lowest BCUT2D eigenvalue weighted by Crippen LogP contribution is -2.24. The first-order valence-electron chi connectivity index (χ1n) is 12.0. The van der Waals surface area contributed by atoms with Crippen LogP contribution < -0.4 is 10.9 Å². The summed E-state index contributed by atoms with van der Waals surface area (Å²) in [5.74, 6) is -0.907. The lowest BCUT2D eigenvalue weighted by Gasteiger charge is -2.14.